The molecule has 1 atom stereocenters. The summed E-state index contributed by atoms with van der Waals surface area (Å²) in [6.07, 6.45) is 1.64. The van der Waals surface area contributed by atoms with Crippen molar-refractivity contribution in [1.82, 2.24) is 0 Å². The van der Waals surface area contributed by atoms with E-state index in [2.05, 4.69) is 0 Å². The standard InChI is InChI=1S/C4H8B2/c1-4(6)2-3-5/h4H,2-3H2,1H3/t4-/m1/s1. The average molecular weight is 77.7 g/mol. The molecule has 4 radical (unpaired) electrons. The fourth-order valence-corrected chi connectivity index (χ4v) is 0.263. The maximum atomic E-state index is 5.32. The lowest BCUT2D eigenvalue weighted by atomic mass is 9.82. The predicted octanol–water partition coefficient (Wildman–Crippen LogP) is 0.940. The SMILES string of the molecule is [B]CC[C@H]([B])C. The fraction of sp³-hybridized carbons (Fsp3) is 1.00. The van der Waals surface area contributed by atoms with Gasteiger partial charge >= 0.3 is 0 Å². The summed E-state index contributed by atoms with van der Waals surface area (Å²) in [4.78, 5) is 0. The highest BCUT2D eigenvalue weighted by molar-refractivity contribution is 6.13. The Morgan fingerprint density at radius 2 is 2.17 bits per heavy atom. The number of hydrogen-bond donors (Lipinski definition) is 0. The highest BCUT2D eigenvalue weighted by Crippen LogP contribution is 2.03. The molecule has 0 aliphatic rings. The molecule has 0 aliphatic carbocycles. The first-order valence-electron chi connectivity index (χ1n) is 2.23. The third kappa shape index (κ3) is 4.13. The second-order valence-electron chi connectivity index (χ2n) is 1.55. The quantitative estimate of drug-likeness (QED) is 0.431. The Kier molecular flexibility index (Phi) is 3.40. The van der Waals surface area contributed by atoms with Crippen molar-refractivity contribution in [2.24, 2.45) is 0 Å². The molecule has 0 N–H and O–H groups in total. The summed E-state index contributed by atoms with van der Waals surface area (Å²) in [7, 11) is 10.5. The Bertz CT molecular complexity index is 26.7. The van der Waals surface area contributed by atoms with Crippen LogP contribution in [0.2, 0.25) is 12.1 Å². The van der Waals surface area contributed by atoms with Gasteiger partial charge in [0.2, 0.25) is 0 Å². The first-order valence-corrected chi connectivity index (χ1v) is 2.23. The Hall–Kier alpha value is 0.130. The molecular weight excluding hydrogens is 69.7 g/mol. The highest BCUT2D eigenvalue weighted by atomic mass is 13.8. The van der Waals surface area contributed by atoms with Gasteiger partial charge in [-0.3, -0.25) is 0 Å². The molecule has 0 saturated heterocycles. The van der Waals surface area contributed by atoms with Crippen LogP contribution in [0.1, 0.15) is 13.3 Å². The van der Waals surface area contributed by atoms with E-state index in [1.165, 1.54) is 0 Å². The molecule has 0 bridgehead atoms. The van der Waals surface area contributed by atoms with Crippen molar-refractivity contribution >= 4 is 15.7 Å². The van der Waals surface area contributed by atoms with Crippen LogP contribution in [-0.2, 0) is 0 Å². The van der Waals surface area contributed by atoms with Crippen molar-refractivity contribution in [3.05, 3.63) is 0 Å². The minimum absolute atomic E-state index is 0.273. The van der Waals surface area contributed by atoms with Gasteiger partial charge in [-0.05, 0) is 0 Å². The summed E-state index contributed by atoms with van der Waals surface area (Å²) in [5, 5.41) is 0. The molecule has 0 heterocycles. The van der Waals surface area contributed by atoms with Crippen molar-refractivity contribution in [3.63, 3.8) is 0 Å². The molecule has 6 heavy (non-hydrogen) atoms. The molecule has 0 fully saturated rings. The van der Waals surface area contributed by atoms with Crippen LogP contribution in [0, 0.1) is 0 Å². The van der Waals surface area contributed by atoms with E-state index in [0.717, 1.165) is 6.42 Å². The average Bonchev–Trinajstić information content (AvgIpc) is 1.35. The molecular formula is C4H8B2. The Balaban J connectivity index is 2.63. The van der Waals surface area contributed by atoms with Gasteiger partial charge in [-0.2, -0.15) is 0 Å². The molecule has 0 aromatic carbocycles. The van der Waals surface area contributed by atoms with Gasteiger partial charge < -0.3 is 0 Å². The summed E-state index contributed by atoms with van der Waals surface area (Å²) in [5.41, 5.74) is 0. The third-order valence-electron chi connectivity index (χ3n) is 0.622. The zero-order valence-electron chi connectivity index (χ0n) is 4.15. The lowest BCUT2D eigenvalue weighted by Crippen LogP contribution is -1.82. The van der Waals surface area contributed by atoms with Crippen LogP contribution in [0.3, 0.4) is 0 Å². The smallest absolute Gasteiger partial charge is 0.0695 e. The maximum Gasteiger partial charge on any atom is 0.0695 e. The van der Waals surface area contributed by atoms with E-state index in [4.69, 9.17) is 15.7 Å². The van der Waals surface area contributed by atoms with E-state index in [1.54, 1.807) is 0 Å². The van der Waals surface area contributed by atoms with Crippen LogP contribution >= 0.6 is 0 Å². The van der Waals surface area contributed by atoms with Gasteiger partial charge in [0.1, 0.15) is 0 Å². The van der Waals surface area contributed by atoms with E-state index in [0.29, 0.717) is 6.32 Å². The van der Waals surface area contributed by atoms with E-state index in [9.17, 15) is 0 Å². The molecule has 0 aromatic heterocycles. The van der Waals surface area contributed by atoms with E-state index in [1.807, 2.05) is 6.92 Å². The van der Waals surface area contributed by atoms with Gasteiger partial charge in [0.05, 0.1) is 15.7 Å². The lowest BCUT2D eigenvalue weighted by molar-refractivity contribution is 0.878. The monoisotopic (exact) mass is 78.1 g/mol. The van der Waals surface area contributed by atoms with Gasteiger partial charge in [-0.1, -0.05) is 25.5 Å². The summed E-state index contributed by atoms with van der Waals surface area (Å²) >= 11 is 0. The highest BCUT2D eigenvalue weighted by Gasteiger charge is 1.85. The molecule has 0 aliphatic heterocycles. The minimum atomic E-state index is 0.273. The summed E-state index contributed by atoms with van der Waals surface area (Å²) < 4.78 is 0. The molecule has 0 unspecified atom stereocenters. The van der Waals surface area contributed by atoms with Gasteiger partial charge in [-0.15, -0.1) is 0 Å². The first kappa shape index (κ1) is 6.13. The largest absolute Gasteiger partial charge is 0.0891 e. The summed E-state index contributed by atoms with van der Waals surface area (Å²) in [6.45, 7) is 1.95. The van der Waals surface area contributed by atoms with Gasteiger partial charge in [-0.25, -0.2) is 0 Å². The van der Waals surface area contributed by atoms with Gasteiger partial charge in [0.25, 0.3) is 0 Å². The van der Waals surface area contributed by atoms with Crippen molar-refractivity contribution in [2.75, 3.05) is 0 Å². The van der Waals surface area contributed by atoms with Gasteiger partial charge in [0, 0.05) is 0 Å². The number of rotatable bonds is 2. The molecule has 0 amide bonds. The van der Waals surface area contributed by atoms with E-state index < -0.39 is 0 Å². The van der Waals surface area contributed by atoms with Crippen molar-refractivity contribution in [2.45, 2.75) is 25.5 Å². The molecule has 30 valence electrons. The van der Waals surface area contributed by atoms with E-state index in [-0.39, 0.29) is 5.82 Å². The minimum Gasteiger partial charge on any atom is -0.0891 e. The van der Waals surface area contributed by atoms with Crippen molar-refractivity contribution in [3.8, 4) is 0 Å². The predicted molar refractivity (Wildman–Crippen MR) is 30.4 cm³/mol. The zero-order chi connectivity index (χ0) is 4.99. The Labute approximate surface area is 42.1 Å². The normalized spacial score (nSPS) is 14.2. The van der Waals surface area contributed by atoms with Crippen LogP contribution in [0.5, 0.6) is 0 Å². The third-order valence-corrected chi connectivity index (χ3v) is 0.622. The fourth-order valence-electron chi connectivity index (χ4n) is 0.263. The molecule has 0 spiro atoms. The molecule has 2 heteroatoms. The van der Waals surface area contributed by atoms with Crippen LogP contribution in [0.25, 0.3) is 0 Å². The second kappa shape index (κ2) is 3.32. The van der Waals surface area contributed by atoms with Gasteiger partial charge in [0.15, 0.2) is 0 Å². The van der Waals surface area contributed by atoms with Crippen LogP contribution in [-0.4, -0.2) is 15.7 Å². The topological polar surface area (TPSA) is 0 Å². The zero-order valence-corrected chi connectivity index (χ0v) is 4.15. The van der Waals surface area contributed by atoms with E-state index >= 15 is 0 Å². The Morgan fingerprint density at radius 1 is 1.67 bits per heavy atom. The van der Waals surface area contributed by atoms with Crippen LogP contribution in [0.4, 0.5) is 0 Å². The summed E-state index contributed by atoms with van der Waals surface area (Å²) in [6, 6.07) is 0. The number of hydrogen-bond acceptors (Lipinski definition) is 0. The van der Waals surface area contributed by atoms with Crippen molar-refractivity contribution < 1.29 is 0 Å². The van der Waals surface area contributed by atoms with Crippen LogP contribution in [0.15, 0.2) is 0 Å². The van der Waals surface area contributed by atoms with Crippen molar-refractivity contribution in [1.29, 1.82) is 0 Å². The first-order chi connectivity index (χ1) is 2.77. The Morgan fingerprint density at radius 3 is 2.17 bits per heavy atom. The molecule has 0 aromatic rings. The molecule has 0 rings (SSSR count). The second-order valence-corrected chi connectivity index (χ2v) is 1.55. The summed E-state index contributed by atoms with van der Waals surface area (Å²) in [5.74, 6) is 0.273. The lowest BCUT2D eigenvalue weighted by Gasteiger charge is -1.96. The molecule has 0 nitrogen and oxygen atoms in total. The molecule has 0 saturated carbocycles. The maximum absolute atomic E-state index is 5.32. The van der Waals surface area contributed by atoms with Crippen LogP contribution < -0.4 is 0 Å².